The summed E-state index contributed by atoms with van der Waals surface area (Å²) in [4.78, 5) is 21.4. The van der Waals surface area contributed by atoms with Gasteiger partial charge in [0.05, 0.1) is 17.8 Å². The number of carbonyl (C=O) groups is 1. The molecular formula is C16H24N6O. The van der Waals surface area contributed by atoms with Crippen LogP contribution in [0.2, 0.25) is 0 Å². The summed E-state index contributed by atoms with van der Waals surface area (Å²) in [6.07, 6.45) is 8.27. The first kappa shape index (κ1) is 15.7. The zero-order valence-corrected chi connectivity index (χ0v) is 14.0. The maximum Gasteiger partial charge on any atom is 0.257 e. The molecule has 2 aromatic rings. The molecule has 1 fully saturated rings. The first-order valence-corrected chi connectivity index (χ1v) is 8.09. The predicted octanol–water partition coefficient (Wildman–Crippen LogP) is 1.16. The molecule has 7 nitrogen and oxygen atoms in total. The van der Waals surface area contributed by atoms with Gasteiger partial charge >= 0.3 is 0 Å². The lowest BCUT2D eigenvalue weighted by molar-refractivity contribution is 0.0528. The van der Waals surface area contributed by atoms with Crippen molar-refractivity contribution in [2.24, 2.45) is 7.05 Å². The monoisotopic (exact) mass is 316 g/mol. The first-order valence-electron chi connectivity index (χ1n) is 8.09. The van der Waals surface area contributed by atoms with Crippen LogP contribution in [0, 0.1) is 0 Å². The van der Waals surface area contributed by atoms with Crippen LogP contribution in [0.3, 0.4) is 0 Å². The quantitative estimate of drug-likeness (QED) is 0.849. The second kappa shape index (κ2) is 6.54. The molecule has 0 bridgehead atoms. The maximum atomic E-state index is 12.8. The number of hydrogen-bond donors (Lipinski definition) is 0. The summed E-state index contributed by atoms with van der Waals surface area (Å²) in [6.45, 7) is 5.16. The van der Waals surface area contributed by atoms with Gasteiger partial charge in [-0.25, -0.2) is 4.98 Å². The standard InChI is InChI=1S/C16H24N6O/c1-4-6-22-11-13(10-18-22)16(23)21-9-8-19(2)14(12-21)15-17-5-7-20(15)3/h5,7,10-11,14H,4,6,8-9,12H2,1-3H3/t14-/m0/s1. The summed E-state index contributed by atoms with van der Waals surface area (Å²) in [5.41, 5.74) is 0.668. The molecule has 2 aromatic heterocycles. The molecule has 3 heterocycles. The maximum absolute atomic E-state index is 12.8. The van der Waals surface area contributed by atoms with E-state index in [0.717, 1.165) is 31.9 Å². The fourth-order valence-corrected chi connectivity index (χ4v) is 3.04. The van der Waals surface area contributed by atoms with E-state index >= 15 is 0 Å². The number of rotatable bonds is 4. The van der Waals surface area contributed by atoms with Gasteiger partial charge in [0, 0.05) is 51.8 Å². The highest BCUT2D eigenvalue weighted by Crippen LogP contribution is 2.23. The molecule has 1 saturated heterocycles. The van der Waals surface area contributed by atoms with Crippen molar-refractivity contribution in [3.63, 3.8) is 0 Å². The Morgan fingerprint density at radius 3 is 2.87 bits per heavy atom. The van der Waals surface area contributed by atoms with E-state index in [-0.39, 0.29) is 11.9 Å². The average molecular weight is 316 g/mol. The molecule has 1 amide bonds. The van der Waals surface area contributed by atoms with Gasteiger partial charge in [-0.3, -0.25) is 14.4 Å². The van der Waals surface area contributed by atoms with Crippen molar-refractivity contribution in [3.8, 4) is 0 Å². The van der Waals surface area contributed by atoms with Crippen molar-refractivity contribution in [1.82, 2.24) is 29.1 Å². The topological polar surface area (TPSA) is 59.2 Å². The SMILES string of the molecule is CCCn1cc(C(=O)N2CCN(C)[C@H](c3nccn3C)C2)cn1. The molecule has 1 aliphatic rings. The summed E-state index contributed by atoms with van der Waals surface area (Å²) < 4.78 is 3.86. The summed E-state index contributed by atoms with van der Waals surface area (Å²) in [5, 5.41) is 4.26. The molecule has 0 saturated carbocycles. The Morgan fingerprint density at radius 1 is 1.35 bits per heavy atom. The van der Waals surface area contributed by atoms with Gasteiger partial charge in [0.1, 0.15) is 5.82 Å². The van der Waals surface area contributed by atoms with Crippen molar-refractivity contribution in [3.05, 3.63) is 36.2 Å². The van der Waals surface area contributed by atoms with E-state index in [1.165, 1.54) is 0 Å². The van der Waals surface area contributed by atoms with Gasteiger partial charge < -0.3 is 9.47 Å². The lowest BCUT2D eigenvalue weighted by atomic mass is 10.1. The number of aromatic nitrogens is 4. The molecular weight excluding hydrogens is 292 g/mol. The highest BCUT2D eigenvalue weighted by atomic mass is 16.2. The Kier molecular flexibility index (Phi) is 4.47. The number of likely N-dealkylation sites (N-methyl/N-ethyl adjacent to an activating group) is 1. The summed E-state index contributed by atoms with van der Waals surface area (Å²) in [5.74, 6) is 1.05. The fourth-order valence-electron chi connectivity index (χ4n) is 3.04. The number of carbonyl (C=O) groups excluding carboxylic acids is 1. The van der Waals surface area contributed by atoms with Gasteiger partial charge in [-0.1, -0.05) is 6.92 Å². The van der Waals surface area contributed by atoms with E-state index in [1.54, 1.807) is 12.4 Å². The molecule has 1 atom stereocenters. The Hall–Kier alpha value is -2.15. The molecule has 124 valence electrons. The summed E-state index contributed by atoms with van der Waals surface area (Å²) >= 11 is 0. The Morgan fingerprint density at radius 2 is 2.17 bits per heavy atom. The molecule has 0 spiro atoms. The Labute approximate surface area is 136 Å². The minimum absolute atomic E-state index is 0.0552. The highest BCUT2D eigenvalue weighted by molar-refractivity contribution is 5.93. The van der Waals surface area contributed by atoms with Crippen molar-refractivity contribution >= 4 is 5.91 Å². The van der Waals surface area contributed by atoms with Gasteiger partial charge in [0.2, 0.25) is 0 Å². The van der Waals surface area contributed by atoms with Crippen LogP contribution in [0.5, 0.6) is 0 Å². The zero-order valence-electron chi connectivity index (χ0n) is 14.0. The van der Waals surface area contributed by atoms with Crippen molar-refractivity contribution in [2.45, 2.75) is 25.9 Å². The highest BCUT2D eigenvalue weighted by Gasteiger charge is 2.31. The zero-order chi connectivity index (χ0) is 16.4. The van der Waals surface area contributed by atoms with Crippen LogP contribution < -0.4 is 0 Å². The molecule has 23 heavy (non-hydrogen) atoms. The fraction of sp³-hybridized carbons (Fsp3) is 0.562. The molecule has 3 rings (SSSR count). The first-order chi connectivity index (χ1) is 11.1. The third-order valence-electron chi connectivity index (χ3n) is 4.42. The van der Waals surface area contributed by atoms with Gasteiger partial charge in [-0.05, 0) is 13.5 Å². The lowest BCUT2D eigenvalue weighted by Crippen LogP contribution is -2.49. The second-order valence-corrected chi connectivity index (χ2v) is 6.14. The minimum Gasteiger partial charge on any atom is -0.337 e. The van der Waals surface area contributed by atoms with Crippen LogP contribution >= 0.6 is 0 Å². The summed E-state index contributed by atoms with van der Waals surface area (Å²) in [7, 11) is 4.08. The lowest BCUT2D eigenvalue weighted by Gasteiger charge is -2.38. The normalized spacial score (nSPS) is 19.3. The van der Waals surface area contributed by atoms with Crippen molar-refractivity contribution in [2.75, 3.05) is 26.7 Å². The second-order valence-electron chi connectivity index (χ2n) is 6.14. The van der Waals surface area contributed by atoms with Crippen LogP contribution in [0.4, 0.5) is 0 Å². The van der Waals surface area contributed by atoms with E-state index in [4.69, 9.17) is 0 Å². The number of amides is 1. The molecule has 0 radical (unpaired) electrons. The van der Waals surface area contributed by atoms with Gasteiger partial charge in [-0.15, -0.1) is 0 Å². The average Bonchev–Trinajstić information content (AvgIpc) is 3.17. The third-order valence-corrected chi connectivity index (χ3v) is 4.42. The number of imidazole rings is 1. The number of hydrogen-bond acceptors (Lipinski definition) is 4. The molecule has 0 N–H and O–H groups in total. The van der Waals surface area contributed by atoms with E-state index in [9.17, 15) is 4.79 Å². The largest absolute Gasteiger partial charge is 0.337 e. The van der Waals surface area contributed by atoms with E-state index in [0.29, 0.717) is 12.1 Å². The smallest absolute Gasteiger partial charge is 0.257 e. The molecule has 1 aliphatic heterocycles. The molecule has 0 unspecified atom stereocenters. The van der Waals surface area contributed by atoms with Crippen molar-refractivity contribution in [1.29, 1.82) is 0 Å². The van der Waals surface area contributed by atoms with Gasteiger partial charge in [0.15, 0.2) is 0 Å². The molecule has 0 aliphatic carbocycles. The van der Waals surface area contributed by atoms with Gasteiger partial charge in [0.25, 0.3) is 5.91 Å². The number of piperazine rings is 1. The molecule has 0 aromatic carbocycles. The predicted molar refractivity (Wildman–Crippen MR) is 87.0 cm³/mol. The van der Waals surface area contributed by atoms with Crippen LogP contribution in [-0.4, -0.2) is 61.7 Å². The van der Waals surface area contributed by atoms with Crippen molar-refractivity contribution < 1.29 is 4.79 Å². The van der Waals surface area contributed by atoms with Crippen LogP contribution in [0.1, 0.15) is 35.6 Å². The Bertz CT molecular complexity index is 676. The third kappa shape index (κ3) is 3.14. The van der Waals surface area contributed by atoms with Crippen LogP contribution in [0.15, 0.2) is 24.8 Å². The van der Waals surface area contributed by atoms with E-state index in [1.807, 2.05) is 33.6 Å². The number of aryl methyl sites for hydroxylation is 2. The van der Waals surface area contributed by atoms with Crippen LogP contribution in [-0.2, 0) is 13.6 Å². The minimum atomic E-state index is 0.0552. The molecule has 7 heteroatoms. The van der Waals surface area contributed by atoms with E-state index < -0.39 is 0 Å². The Balaban J connectivity index is 1.75. The van der Waals surface area contributed by atoms with Gasteiger partial charge in [-0.2, -0.15) is 5.10 Å². The number of nitrogens with zero attached hydrogens (tertiary/aromatic N) is 6. The summed E-state index contributed by atoms with van der Waals surface area (Å²) in [6, 6.07) is 0.124. The van der Waals surface area contributed by atoms with Crippen LogP contribution in [0.25, 0.3) is 0 Å². The van der Waals surface area contributed by atoms with E-state index in [2.05, 4.69) is 29.0 Å².